The molecule has 0 aliphatic carbocycles. The molecular weight excluding hydrogens is 294 g/mol. The number of nitrogens with zero attached hydrogens (tertiary/aromatic N) is 2. The van der Waals surface area contributed by atoms with Crippen LogP contribution in [0.5, 0.6) is 0 Å². The van der Waals surface area contributed by atoms with Gasteiger partial charge in [0.1, 0.15) is 21.7 Å². The molecule has 7 heteroatoms. The maximum Gasteiger partial charge on any atom is 0.147 e. The molecule has 2 heterocycles. The van der Waals surface area contributed by atoms with Gasteiger partial charge >= 0.3 is 0 Å². The molecule has 0 saturated carbocycles. The number of thiophene rings is 1. The molecule has 0 fully saturated rings. The first-order chi connectivity index (χ1) is 9.47. The lowest BCUT2D eigenvalue weighted by atomic mass is 10.2. The van der Waals surface area contributed by atoms with E-state index in [0.717, 1.165) is 5.82 Å². The second-order valence-electron chi connectivity index (χ2n) is 4.78. The molecule has 0 bridgehead atoms. The molecule has 0 radical (unpaired) electrons. The molecule has 0 spiro atoms. The Morgan fingerprint density at radius 2 is 2.30 bits per heavy atom. The summed E-state index contributed by atoms with van der Waals surface area (Å²) in [5, 5.41) is 5.43. The van der Waals surface area contributed by atoms with E-state index in [1.807, 2.05) is 29.3 Å². The van der Waals surface area contributed by atoms with Crippen molar-refractivity contribution in [3.8, 4) is 0 Å². The standard InChI is InChI=1S/C13H19N3O2S2/c1-16-8-7-15-13(16)12(11-5-3-9-19-11)14-6-4-10-20(2,17)18/h3,5,7-9,12,14H,4,6,10H2,1-2H3. The fourth-order valence-corrected chi connectivity index (χ4v) is 3.48. The second kappa shape index (κ2) is 6.51. The zero-order chi connectivity index (χ0) is 14.6. The second-order valence-corrected chi connectivity index (χ2v) is 8.02. The molecule has 2 aromatic rings. The minimum atomic E-state index is -2.90. The lowest BCUT2D eigenvalue weighted by molar-refractivity contribution is 0.556. The van der Waals surface area contributed by atoms with Crippen LogP contribution >= 0.6 is 11.3 Å². The van der Waals surface area contributed by atoms with Gasteiger partial charge in [0, 0.05) is 30.6 Å². The Kier molecular flexibility index (Phi) is 4.95. The maximum absolute atomic E-state index is 11.1. The van der Waals surface area contributed by atoms with Crippen molar-refractivity contribution in [2.24, 2.45) is 7.05 Å². The maximum atomic E-state index is 11.1. The van der Waals surface area contributed by atoms with Crippen LogP contribution in [-0.4, -0.2) is 36.5 Å². The van der Waals surface area contributed by atoms with Crippen molar-refractivity contribution in [2.75, 3.05) is 18.6 Å². The third-order valence-electron chi connectivity index (χ3n) is 2.98. The molecule has 0 aromatic carbocycles. The Labute approximate surface area is 123 Å². The first-order valence-electron chi connectivity index (χ1n) is 6.39. The molecule has 5 nitrogen and oxygen atoms in total. The highest BCUT2D eigenvalue weighted by Crippen LogP contribution is 2.24. The summed E-state index contributed by atoms with van der Waals surface area (Å²) in [5.41, 5.74) is 0. The normalized spacial score (nSPS) is 13.5. The summed E-state index contributed by atoms with van der Waals surface area (Å²) in [6.45, 7) is 0.641. The third-order valence-corrected chi connectivity index (χ3v) is 4.95. The molecule has 1 N–H and O–H groups in total. The van der Waals surface area contributed by atoms with E-state index >= 15 is 0 Å². The largest absolute Gasteiger partial charge is 0.336 e. The van der Waals surface area contributed by atoms with E-state index in [4.69, 9.17) is 0 Å². The fraction of sp³-hybridized carbons (Fsp3) is 0.462. The summed E-state index contributed by atoms with van der Waals surface area (Å²) >= 11 is 1.67. The molecular formula is C13H19N3O2S2. The average Bonchev–Trinajstić information content (AvgIpc) is 3.00. The Hall–Kier alpha value is -1.18. The summed E-state index contributed by atoms with van der Waals surface area (Å²) in [7, 11) is -0.937. The lowest BCUT2D eigenvalue weighted by Gasteiger charge is -2.17. The lowest BCUT2D eigenvalue weighted by Crippen LogP contribution is -2.26. The number of aryl methyl sites for hydroxylation is 1. The third kappa shape index (κ3) is 4.16. The van der Waals surface area contributed by atoms with Gasteiger partial charge in [0.2, 0.25) is 0 Å². The Bertz CT molecular complexity index is 632. The Morgan fingerprint density at radius 1 is 1.50 bits per heavy atom. The zero-order valence-corrected chi connectivity index (χ0v) is 13.2. The molecule has 0 saturated heterocycles. The molecule has 110 valence electrons. The summed E-state index contributed by atoms with van der Waals surface area (Å²) in [5.74, 6) is 1.14. The van der Waals surface area contributed by atoms with Crippen LogP contribution in [0.3, 0.4) is 0 Å². The van der Waals surface area contributed by atoms with Crippen molar-refractivity contribution in [1.82, 2.24) is 14.9 Å². The van der Waals surface area contributed by atoms with Gasteiger partial charge in [-0.25, -0.2) is 13.4 Å². The number of nitrogens with one attached hydrogen (secondary N) is 1. The van der Waals surface area contributed by atoms with Gasteiger partial charge in [-0.2, -0.15) is 0 Å². The number of hydrogen-bond acceptors (Lipinski definition) is 5. The monoisotopic (exact) mass is 313 g/mol. The van der Waals surface area contributed by atoms with Gasteiger partial charge in [-0.3, -0.25) is 0 Å². The predicted octanol–water partition coefficient (Wildman–Crippen LogP) is 1.60. The van der Waals surface area contributed by atoms with Gasteiger partial charge in [0.05, 0.1) is 5.75 Å². The van der Waals surface area contributed by atoms with Crippen molar-refractivity contribution < 1.29 is 8.42 Å². The van der Waals surface area contributed by atoms with Gasteiger partial charge < -0.3 is 9.88 Å². The Morgan fingerprint density at radius 3 is 2.85 bits per heavy atom. The van der Waals surface area contributed by atoms with Crippen LogP contribution in [0.25, 0.3) is 0 Å². The number of sulfone groups is 1. The molecule has 0 amide bonds. The van der Waals surface area contributed by atoms with Crippen LogP contribution in [0.4, 0.5) is 0 Å². The van der Waals surface area contributed by atoms with E-state index in [-0.39, 0.29) is 11.8 Å². The van der Waals surface area contributed by atoms with E-state index in [1.165, 1.54) is 11.1 Å². The summed E-state index contributed by atoms with van der Waals surface area (Å²) in [4.78, 5) is 5.57. The molecule has 0 aliphatic rings. The van der Waals surface area contributed by atoms with Gasteiger partial charge in [-0.1, -0.05) is 6.07 Å². The van der Waals surface area contributed by atoms with Crippen molar-refractivity contribution in [3.63, 3.8) is 0 Å². The highest BCUT2D eigenvalue weighted by Gasteiger charge is 2.18. The first-order valence-corrected chi connectivity index (χ1v) is 9.33. The van der Waals surface area contributed by atoms with Gasteiger partial charge in [-0.15, -0.1) is 11.3 Å². The minimum absolute atomic E-state index is 0.00885. The van der Waals surface area contributed by atoms with Crippen LogP contribution in [0.2, 0.25) is 0 Å². The van der Waals surface area contributed by atoms with E-state index in [9.17, 15) is 8.42 Å². The summed E-state index contributed by atoms with van der Waals surface area (Å²) < 4.78 is 24.3. The SMILES string of the molecule is Cn1ccnc1C(NCCCS(C)(=O)=O)c1cccs1. The van der Waals surface area contributed by atoms with Crippen molar-refractivity contribution in [1.29, 1.82) is 0 Å². The quantitative estimate of drug-likeness (QED) is 0.789. The number of aromatic nitrogens is 2. The molecule has 20 heavy (non-hydrogen) atoms. The molecule has 2 aromatic heterocycles. The van der Waals surface area contributed by atoms with Crippen LogP contribution in [0.1, 0.15) is 23.2 Å². The van der Waals surface area contributed by atoms with Crippen LogP contribution in [0, 0.1) is 0 Å². The predicted molar refractivity (Wildman–Crippen MR) is 81.7 cm³/mol. The van der Waals surface area contributed by atoms with E-state index < -0.39 is 9.84 Å². The van der Waals surface area contributed by atoms with Crippen LogP contribution in [-0.2, 0) is 16.9 Å². The topological polar surface area (TPSA) is 64.0 Å². The summed E-state index contributed by atoms with van der Waals surface area (Å²) in [6, 6.07) is 4.08. The van der Waals surface area contributed by atoms with Gasteiger partial charge in [0.25, 0.3) is 0 Å². The highest BCUT2D eigenvalue weighted by atomic mass is 32.2. The highest BCUT2D eigenvalue weighted by molar-refractivity contribution is 7.90. The Balaban J connectivity index is 2.04. The fourth-order valence-electron chi connectivity index (χ4n) is 2.01. The molecule has 1 atom stereocenters. The molecule has 1 unspecified atom stereocenters. The van der Waals surface area contributed by atoms with E-state index in [0.29, 0.717) is 13.0 Å². The van der Waals surface area contributed by atoms with Crippen LogP contribution < -0.4 is 5.32 Å². The molecule has 2 rings (SSSR count). The smallest absolute Gasteiger partial charge is 0.147 e. The van der Waals surface area contributed by atoms with Crippen molar-refractivity contribution in [2.45, 2.75) is 12.5 Å². The summed E-state index contributed by atoms with van der Waals surface area (Å²) in [6.07, 6.45) is 5.55. The average molecular weight is 313 g/mol. The van der Waals surface area contributed by atoms with Crippen molar-refractivity contribution >= 4 is 21.2 Å². The van der Waals surface area contributed by atoms with E-state index in [1.54, 1.807) is 17.5 Å². The van der Waals surface area contributed by atoms with E-state index in [2.05, 4.69) is 16.4 Å². The van der Waals surface area contributed by atoms with Crippen LogP contribution in [0.15, 0.2) is 29.9 Å². The first kappa shape index (κ1) is 15.2. The molecule has 0 aliphatic heterocycles. The zero-order valence-electron chi connectivity index (χ0n) is 11.6. The van der Waals surface area contributed by atoms with Gasteiger partial charge in [-0.05, 0) is 24.4 Å². The number of rotatable bonds is 7. The van der Waals surface area contributed by atoms with Gasteiger partial charge in [0.15, 0.2) is 0 Å². The number of hydrogen-bond donors (Lipinski definition) is 1. The number of imidazole rings is 1. The minimum Gasteiger partial charge on any atom is -0.336 e. The van der Waals surface area contributed by atoms with Crippen molar-refractivity contribution in [3.05, 3.63) is 40.6 Å².